The number of carbonyl (C=O) groups excluding carboxylic acids is 3. The van der Waals surface area contributed by atoms with Gasteiger partial charge in [0.15, 0.2) is 0 Å². The largest absolute Gasteiger partial charge is 0.338 e. The van der Waals surface area contributed by atoms with E-state index < -0.39 is 0 Å². The Labute approximate surface area is 187 Å². The van der Waals surface area contributed by atoms with Crippen LogP contribution in [0.1, 0.15) is 42.7 Å². The van der Waals surface area contributed by atoms with E-state index in [0.29, 0.717) is 30.9 Å². The van der Waals surface area contributed by atoms with Gasteiger partial charge in [-0.1, -0.05) is 30.3 Å². The normalized spacial score (nSPS) is 21.3. The molecule has 0 spiro atoms. The van der Waals surface area contributed by atoms with Crippen molar-refractivity contribution in [2.75, 3.05) is 23.4 Å². The first-order chi connectivity index (χ1) is 15.5. The highest BCUT2D eigenvalue weighted by Gasteiger charge is 2.39. The number of nitrogens with one attached hydrogen (secondary N) is 1. The smallest absolute Gasteiger partial charge is 0.270 e. The van der Waals surface area contributed by atoms with Crippen LogP contribution >= 0.6 is 0 Å². The van der Waals surface area contributed by atoms with Crippen LogP contribution < -0.4 is 10.3 Å². The average Bonchev–Trinajstić information content (AvgIpc) is 3.14. The van der Waals surface area contributed by atoms with E-state index >= 15 is 0 Å². The van der Waals surface area contributed by atoms with Gasteiger partial charge in [-0.05, 0) is 55.0 Å². The maximum Gasteiger partial charge on any atom is 0.270 e. The molecule has 0 bridgehead atoms. The first-order valence-electron chi connectivity index (χ1n) is 11.2. The molecule has 1 saturated heterocycles. The Balaban J connectivity index is 1.28. The quantitative estimate of drug-likeness (QED) is 0.810. The second kappa shape index (κ2) is 8.22. The molecule has 164 valence electrons. The lowest BCUT2D eigenvalue weighted by atomic mass is 9.80. The maximum absolute atomic E-state index is 13.2. The van der Waals surface area contributed by atoms with Gasteiger partial charge in [0.25, 0.3) is 5.91 Å². The minimum atomic E-state index is -0.148. The van der Waals surface area contributed by atoms with Crippen molar-refractivity contribution in [1.29, 1.82) is 0 Å². The predicted octanol–water partition coefficient (Wildman–Crippen LogP) is 3.45. The molecular formula is C25H26N4O3. The molecule has 1 N–H and O–H groups in total. The summed E-state index contributed by atoms with van der Waals surface area (Å²) in [6.45, 7) is 3.14. The molecule has 3 amide bonds. The summed E-state index contributed by atoms with van der Waals surface area (Å²) >= 11 is 0. The van der Waals surface area contributed by atoms with Gasteiger partial charge in [0, 0.05) is 31.6 Å². The minimum absolute atomic E-state index is 0.0555. The predicted molar refractivity (Wildman–Crippen MR) is 122 cm³/mol. The van der Waals surface area contributed by atoms with Crippen molar-refractivity contribution in [3.05, 3.63) is 59.7 Å². The average molecular weight is 431 g/mol. The number of hydrogen-bond acceptors (Lipinski definition) is 4. The Morgan fingerprint density at radius 3 is 2.59 bits per heavy atom. The van der Waals surface area contributed by atoms with E-state index in [1.165, 1.54) is 5.01 Å². The maximum atomic E-state index is 13.2. The van der Waals surface area contributed by atoms with Gasteiger partial charge in [0.1, 0.15) is 5.71 Å². The Morgan fingerprint density at radius 1 is 1.03 bits per heavy atom. The molecule has 0 aliphatic carbocycles. The van der Waals surface area contributed by atoms with E-state index in [2.05, 4.69) is 10.4 Å². The topological polar surface area (TPSA) is 82.1 Å². The number of carbonyl (C=O) groups is 3. The van der Waals surface area contributed by atoms with Crippen molar-refractivity contribution < 1.29 is 14.4 Å². The third-order valence-corrected chi connectivity index (χ3v) is 6.66. The van der Waals surface area contributed by atoms with Gasteiger partial charge in [0.05, 0.1) is 11.6 Å². The number of hydrogen-bond donors (Lipinski definition) is 1. The molecule has 3 heterocycles. The van der Waals surface area contributed by atoms with E-state index in [9.17, 15) is 14.4 Å². The third kappa shape index (κ3) is 3.68. The SMILES string of the molecule is Cc1cccc(N2N=C(C(=O)N3CCC(C4C(=O)Nc5ccccc54)CC3)CCC2=O)c1. The van der Waals surface area contributed by atoms with Crippen molar-refractivity contribution in [3.8, 4) is 0 Å². The van der Waals surface area contributed by atoms with Crippen LogP contribution in [0.15, 0.2) is 53.6 Å². The van der Waals surface area contributed by atoms with Crippen LogP contribution in [0.25, 0.3) is 0 Å². The Morgan fingerprint density at radius 2 is 1.81 bits per heavy atom. The number of anilines is 2. The summed E-state index contributed by atoms with van der Waals surface area (Å²) < 4.78 is 0. The fraction of sp³-hybridized carbons (Fsp3) is 0.360. The number of aryl methyl sites for hydroxylation is 1. The fourth-order valence-corrected chi connectivity index (χ4v) is 4.99. The number of para-hydroxylation sites is 1. The number of nitrogens with zero attached hydrogens (tertiary/aromatic N) is 3. The monoisotopic (exact) mass is 430 g/mol. The Kier molecular flexibility index (Phi) is 5.25. The zero-order chi connectivity index (χ0) is 22.2. The molecule has 7 nitrogen and oxygen atoms in total. The van der Waals surface area contributed by atoms with Crippen molar-refractivity contribution in [2.24, 2.45) is 11.0 Å². The van der Waals surface area contributed by atoms with Gasteiger partial charge in [0.2, 0.25) is 11.8 Å². The second-order valence-corrected chi connectivity index (χ2v) is 8.78. The molecule has 0 radical (unpaired) electrons. The van der Waals surface area contributed by atoms with E-state index in [0.717, 1.165) is 29.7 Å². The van der Waals surface area contributed by atoms with Gasteiger partial charge >= 0.3 is 0 Å². The first-order valence-corrected chi connectivity index (χ1v) is 11.2. The molecule has 1 unspecified atom stereocenters. The summed E-state index contributed by atoms with van der Waals surface area (Å²) in [5.74, 6) is -0.0899. The van der Waals surface area contributed by atoms with Crippen LogP contribution in [-0.4, -0.2) is 41.4 Å². The molecule has 1 atom stereocenters. The van der Waals surface area contributed by atoms with Crippen molar-refractivity contribution in [2.45, 2.75) is 38.5 Å². The summed E-state index contributed by atoms with van der Waals surface area (Å²) in [5.41, 5.74) is 4.10. The molecule has 3 aliphatic rings. The number of fused-ring (bicyclic) bond motifs is 1. The molecule has 3 aliphatic heterocycles. The number of benzene rings is 2. The summed E-state index contributed by atoms with van der Waals surface area (Å²) in [7, 11) is 0. The molecule has 1 fully saturated rings. The van der Waals surface area contributed by atoms with Gasteiger partial charge < -0.3 is 10.2 Å². The third-order valence-electron chi connectivity index (χ3n) is 6.66. The zero-order valence-electron chi connectivity index (χ0n) is 18.1. The van der Waals surface area contributed by atoms with Crippen LogP contribution in [0.2, 0.25) is 0 Å². The molecule has 2 aromatic rings. The summed E-state index contributed by atoms with van der Waals surface area (Å²) in [4.78, 5) is 40.0. The molecule has 7 heteroatoms. The number of amides is 3. The molecule has 5 rings (SSSR count). The van der Waals surface area contributed by atoms with Crippen molar-refractivity contribution >= 4 is 34.8 Å². The fourth-order valence-electron chi connectivity index (χ4n) is 4.99. The van der Waals surface area contributed by atoms with Gasteiger partial charge in [-0.25, -0.2) is 5.01 Å². The highest BCUT2D eigenvalue weighted by Crippen LogP contribution is 2.41. The lowest BCUT2D eigenvalue weighted by molar-refractivity contribution is -0.126. The van der Waals surface area contributed by atoms with Crippen molar-refractivity contribution in [3.63, 3.8) is 0 Å². The van der Waals surface area contributed by atoms with E-state index in [1.807, 2.05) is 60.4 Å². The molecule has 0 saturated carbocycles. The molecule has 2 aromatic carbocycles. The molecule has 0 aromatic heterocycles. The molecule has 32 heavy (non-hydrogen) atoms. The lowest BCUT2D eigenvalue weighted by Gasteiger charge is -2.35. The summed E-state index contributed by atoms with van der Waals surface area (Å²) in [6.07, 6.45) is 2.17. The highest BCUT2D eigenvalue weighted by atomic mass is 16.2. The number of rotatable bonds is 3. The van der Waals surface area contributed by atoms with Crippen LogP contribution in [0.3, 0.4) is 0 Å². The van der Waals surface area contributed by atoms with Crippen LogP contribution in [-0.2, 0) is 14.4 Å². The Bertz CT molecular complexity index is 1120. The van der Waals surface area contributed by atoms with E-state index in [1.54, 1.807) is 0 Å². The van der Waals surface area contributed by atoms with Gasteiger partial charge in [-0.2, -0.15) is 5.10 Å². The number of likely N-dealkylation sites (tertiary alicyclic amines) is 1. The van der Waals surface area contributed by atoms with Crippen LogP contribution in [0.5, 0.6) is 0 Å². The minimum Gasteiger partial charge on any atom is -0.338 e. The summed E-state index contributed by atoms with van der Waals surface area (Å²) in [5, 5.41) is 8.77. The number of piperidine rings is 1. The van der Waals surface area contributed by atoms with Gasteiger partial charge in [-0.15, -0.1) is 0 Å². The van der Waals surface area contributed by atoms with Crippen molar-refractivity contribution in [1.82, 2.24) is 4.90 Å². The number of hydrazone groups is 1. The second-order valence-electron chi connectivity index (χ2n) is 8.78. The van der Waals surface area contributed by atoms with E-state index in [4.69, 9.17) is 0 Å². The van der Waals surface area contributed by atoms with Gasteiger partial charge in [-0.3, -0.25) is 14.4 Å². The summed E-state index contributed by atoms with van der Waals surface area (Å²) in [6, 6.07) is 15.4. The molecular weight excluding hydrogens is 404 g/mol. The van der Waals surface area contributed by atoms with Crippen LogP contribution in [0, 0.1) is 12.8 Å². The highest BCUT2D eigenvalue weighted by molar-refractivity contribution is 6.40. The van der Waals surface area contributed by atoms with E-state index in [-0.39, 0.29) is 36.0 Å². The van der Waals surface area contributed by atoms with Crippen LogP contribution in [0.4, 0.5) is 11.4 Å². The standard InChI is InChI=1S/C25H26N4O3/c1-16-5-4-6-18(15-16)29-22(30)10-9-21(27-29)25(32)28-13-11-17(12-14-28)23-19-7-2-3-8-20(19)26-24(23)31/h2-8,15,17,23H,9-14H2,1H3,(H,26,31). The first kappa shape index (κ1) is 20.4. The Hall–Kier alpha value is -3.48. The lowest BCUT2D eigenvalue weighted by Crippen LogP contribution is -2.45. The zero-order valence-corrected chi connectivity index (χ0v) is 18.1.